The largest absolute Gasteiger partial charge is 0.370 e. The first-order valence-corrected chi connectivity index (χ1v) is 6.75. The number of benzene rings is 1. The Hall–Kier alpha value is -1.71. The zero-order valence-electron chi connectivity index (χ0n) is 11.0. The van der Waals surface area contributed by atoms with Gasteiger partial charge in [0, 0.05) is 27.7 Å². The maximum absolute atomic E-state index is 12.1. The van der Waals surface area contributed by atoms with E-state index in [1.54, 1.807) is 13.8 Å². The van der Waals surface area contributed by atoms with Gasteiger partial charge in [-0.2, -0.15) is 0 Å². The molecule has 2 amide bonds. The monoisotopic (exact) mass is 391 g/mol. The maximum Gasteiger partial charge on any atom is 0.270 e. The number of primary amides is 1. The Bertz CT molecular complexity index is 572. The standard InChI is InChI=1S/C12H14IN3O4/c1-12(2,6-10(14)17)15-11(18)8-5-7(16(19)20)3-4-9(8)13/h3-5H,6H2,1-2H3,(H2,14,17)(H,15,18). The third kappa shape index (κ3) is 4.44. The molecule has 0 unspecified atom stereocenters. The number of rotatable bonds is 5. The third-order valence-electron chi connectivity index (χ3n) is 2.47. The van der Waals surface area contributed by atoms with E-state index in [-0.39, 0.29) is 17.7 Å². The summed E-state index contributed by atoms with van der Waals surface area (Å²) in [7, 11) is 0. The normalized spacial score (nSPS) is 10.9. The van der Waals surface area contributed by atoms with Gasteiger partial charge in [-0.25, -0.2) is 0 Å². The molecule has 0 aliphatic heterocycles. The van der Waals surface area contributed by atoms with Crippen molar-refractivity contribution in [1.29, 1.82) is 0 Å². The van der Waals surface area contributed by atoms with Crippen molar-refractivity contribution in [2.45, 2.75) is 25.8 Å². The number of non-ortho nitro benzene ring substituents is 1. The molecule has 0 spiro atoms. The topological polar surface area (TPSA) is 115 Å². The number of nitro groups is 1. The van der Waals surface area contributed by atoms with E-state index < -0.39 is 22.3 Å². The van der Waals surface area contributed by atoms with Gasteiger partial charge < -0.3 is 11.1 Å². The van der Waals surface area contributed by atoms with Crippen molar-refractivity contribution in [2.24, 2.45) is 5.73 Å². The lowest BCUT2D eigenvalue weighted by Crippen LogP contribution is -2.46. The van der Waals surface area contributed by atoms with E-state index in [0.29, 0.717) is 3.57 Å². The summed E-state index contributed by atoms with van der Waals surface area (Å²) in [6.07, 6.45) is -0.0236. The van der Waals surface area contributed by atoms with Gasteiger partial charge in [-0.1, -0.05) is 0 Å². The van der Waals surface area contributed by atoms with Crippen molar-refractivity contribution < 1.29 is 14.5 Å². The molecule has 3 N–H and O–H groups in total. The van der Waals surface area contributed by atoms with Gasteiger partial charge in [-0.3, -0.25) is 19.7 Å². The van der Waals surface area contributed by atoms with Gasteiger partial charge in [0.1, 0.15) is 0 Å². The first-order chi connectivity index (χ1) is 9.12. The minimum absolute atomic E-state index is 0.0236. The van der Waals surface area contributed by atoms with Crippen LogP contribution in [0.2, 0.25) is 0 Å². The number of carbonyl (C=O) groups excluding carboxylic acids is 2. The number of nitrogens with one attached hydrogen (secondary N) is 1. The van der Waals surface area contributed by atoms with Crippen molar-refractivity contribution in [3.8, 4) is 0 Å². The van der Waals surface area contributed by atoms with Crippen LogP contribution in [0.3, 0.4) is 0 Å². The highest BCUT2D eigenvalue weighted by molar-refractivity contribution is 14.1. The molecule has 0 aliphatic carbocycles. The van der Waals surface area contributed by atoms with Crippen LogP contribution in [0.5, 0.6) is 0 Å². The van der Waals surface area contributed by atoms with E-state index in [2.05, 4.69) is 5.32 Å². The molecule has 0 heterocycles. The number of hydrogen-bond donors (Lipinski definition) is 2. The first kappa shape index (κ1) is 16.3. The molecule has 7 nitrogen and oxygen atoms in total. The van der Waals surface area contributed by atoms with Gasteiger partial charge in [0.15, 0.2) is 0 Å². The summed E-state index contributed by atoms with van der Waals surface area (Å²) < 4.78 is 0.584. The summed E-state index contributed by atoms with van der Waals surface area (Å²) in [5, 5.41) is 13.4. The van der Waals surface area contributed by atoms with Crippen LogP contribution in [0.25, 0.3) is 0 Å². The lowest BCUT2D eigenvalue weighted by atomic mass is 9.99. The van der Waals surface area contributed by atoms with E-state index in [4.69, 9.17) is 5.73 Å². The summed E-state index contributed by atoms with van der Waals surface area (Å²) in [5.41, 5.74) is 4.31. The molecule has 0 aliphatic rings. The van der Waals surface area contributed by atoms with Crippen molar-refractivity contribution in [2.75, 3.05) is 0 Å². The van der Waals surface area contributed by atoms with Crippen LogP contribution in [0.4, 0.5) is 5.69 Å². The molecule has 0 fully saturated rings. The summed E-state index contributed by atoms with van der Waals surface area (Å²) in [5.74, 6) is -1.02. The molecule has 8 heteroatoms. The molecule has 0 atom stereocenters. The molecule has 1 aromatic carbocycles. The SMILES string of the molecule is CC(C)(CC(N)=O)NC(=O)c1cc([N+](=O)[O-])ccc1I. The van der Waals surface area contributed by atoms with E-state index in [1.165, 1.54) is 18.2 Å². The Balaban J connectivity index is 3.00. The molecule has 0 saturated carbocycles. The van der Waals surface area contributed by atoms with Gasteiger partial charge in [0.25, 0.3) is 11.6 Å². The fraction of sp³-hybridized carbons (Fsp3) is 0.333. The predicted molar refractivity (Wildman–Crippen MR) is 81.2 cm³/mol. The van der Waals surface area contributed by atoms with Crippen molar-refractivity contribution in [3.05, 3.63) is 37.4 Å². The molecular formula is C12H14IN3O4. The van der Waals surface area contributed by atoms with Crippen molar-refractivity contribution in [3.63, 3.8) is 0 Å². The van der Waals surface area contributed by atoms with Crippen LogP contribution < -0.4 is 11.1 Å². The number of hydrogen-bond acceptors (Lipinski definition) is 4. The van der Waals surface area contributed by atoms with Crippen LogP contribution in [0.1, 0.15) is 30.6 Å². The molecule has 20 heavy (non-hydrogen) atoms. The zero-order chi connectivity index (χ0) is 15.5. The van der Waals surface area contributed by atoms with Crippen LogP contribution in [0.15, 0.2) is 18.2 Å². The maximum atomic E-state index is 12.1. The number of amides is 2. The Labute approximate surface area is 129 Å². The lowest BCUT2D eigenvalue weighted by molar-refractivity contribution is -0.384. The zero-order valence-corrected chi connectivity index (χ0v) is 13.1. The van der Waals surface area contributed by atoms with Crippen LogP contribution in [-0.2, 0) is 4.79 Å². The third-order valence-corrected chi connectivity index (χ3v) is 3.41. The Kier molecular flexibility index (Phi) is 5.03. The minimum atomic E-state index is -0.823. The second-order valence-electron chi connectivity index (χ2n) is 4.90. The summed E-state index contributed by atoms with van der Waals surface area (Å²) >= 11 is 1.92. The lowest BCUT2D eigenvalue weighted by Gasteiger charge is -2.24. The van der Waals surface area contributed by atoms with Gasteiger partial charge in [-0.05, 0) is 42.5 Å². The second kappa shape index (κ2) is 6.16. The summed E-state index contributed by atoms with van der Waals surface area (Å²) in [6, 6.07) is 4.03. The van der Waals surface area contributed by atoms with Crippen LogP contribution >= 0.6 is 22.6 Å². The average molecular weight is 391 g/mol. The Morgan fingerprint density at radius 2 is 2.05 bits per heavy atom. The van der Waals surface area contributed by atoms with E-state index in [0.717, 1.165) is 0 Å². The molecule has 108 valence electrons. The molecule has 0 aromatic heterocycles. The summed E-state index contributed by atoms with van der Waals surface area (Å²) in [4.78, 5) is 33.2. The van der Waals surface area contributed by atoms with Gasteiger partial charge in [0.05, 0.1) is 10.5 Å². The Morgan fingerprint density at radius 1 is 1.45 bits per heavy atom. The van der Waals surface area contributed by atoms with Gasteiger partial charge in [0.2, 0.25) is 5.91 Å². The van der Waals surface area contributed by atoms with Crippen LogP contribution in [-0.4, -0.2) is 22.3 Å². The Morgan fingerprint density at radius 3 is 2.55 bits per heavy atom. The molecule has 0 bridgehead atoms. The highest BCUT2D eigenvalue weighted by atomic mass is 127. The van der Waals surface area contributed by atoms with Crippen molar-refractivity contribution >= 4 is 40.1 Å². The second-order valence-corrected chi connectivity index (χ2v) is 6.06. The van der Waals surface area contributed by atoms with Crippen LogP contribution in [0, 0.1) is 13.7 Å². The quantitative estimate of drug-likeness (QED) is 0.451. The molecule has 0 saturated heterocycles. The molecule has 1 aromatic rings. The van der Waals surface area contributed by atoms with Gasteiger partial charge in [-0.15, -0.1) is 0 Å². The first-order valence-electron chi connectivity index (χ1n) is 5.67. The van der Waals surface area contributed by atoms with E-state index >= 15 is 0 Å². The fourth-order valence-corrected chi connectivity index (χ4v) is 2.24. The molecule has 0 radical (unpaired) electrons. The number of carbonyl (C=O) groups is 2. The van der Waals surface area contributed by atoms with Crippen molar-refractivity contribution in [1.82, 2.24) is 5.32 Å². The molecular weight excluding hydrogens is 377 g/mol. The minimum Gasteiger partial charge on any atom is -0.370 e. The number of nitrogens with two attached hydrogens (primary N) is 1. The highest BCUT2D eigenvalue weighted by Gasteiger charge is 2.25. The predicted octanol–water partition coefficient (Wildman–Crippen LogP) is 1.58. The highest BCUT2D eigenvalue weighted by Crippen LogP contribution is 2.20. The number of halogens is 1. The molecule has 1 rings (SSSR count). The smallest absolute Gasteiger partial charge is 0.270 e. The number of nitro benzene ring substituents is 1. The van der Waals surface area contributed by atoms with E-state index in [1.807, 2.05) is 22.6 Å². The average Bonchev–Trinajstić information content (AvgIpc) is 2.26. The summed E-state index contributed by atoms with van der Waals surface area (Å²) in [6.45, 7) is 3.31. The fourth-order valence-electron chi connectivity index (χ4n) is 1.66. The van der Waals surface area contributed by atoms with E-state index in [9.17, 15) is 19.7 Å². The number of nitrogens with zero attached hydrogens (tertiary/aromatic N) is 1. The van der Waals surface area contributed by atoms with Gasteiger partial charge >= 0.3 is 0 Å².